The van der Waals surface area contributed by atoms with E-state index < -0.39 is 10.0 Å². The van der Waals surface area contributed by atoms with Crippen LogP contribution in [0.5, 0.6) is 0 Å². The molecule has 1 N–H and O–H groups in total. The van der Waals surface area contributed by atoms with E-state index in [2.05, 4.69) is 5.32 Å². The number of benzene rings is 1. The van der Waals surface area contributed by atoms with Crippen LogP contribution in [-0.2, 0) is 10.0 Å². The minimum absolute atomic E-state index is 0.284. The summed E-state index contributed by atoms with van der Waals surface area (Å²) in [5.41, 5.74) is 2.12. The molecule has 1 aromatic rings. The van der Waals surface area contributed by atoms with Crippen LogP contribution in [-0.4, -0.2) is 38.9 Å². The maximum absolute atomic E-state index is 12.5. The van der Waals surface area contributed by atoms with Crippen molar-refractivity contribution in [3.63, 3.8) is 0 Å². The van der Waals surface area contributed by atoms with E-state index in [-0.39, 0.29) is 6.04 Å². The number of nitrogens with one attached hydrogen (secondary N) is 1. The fourth-order valence-corrected chi connectivity index (χ4v) is 3.68. The van der Waals surface area contributed by atoms with Gasteiger partial charge in [-0.3, -0.25) is 0 Å². The molecule has 1 atom stereocenters. The van der Waals surface area contributed by atoms with Gasteiger partial charge in [-0.05, 0) is 56.5 Å². The van der Waals surface area contributed by atoms with Crippen molar-refractivity contribution in [2.24, 2.45) is 0 Å². The molecule has 1 unspecified atom stereocenters. The quantitative estimate of drug-likeness (QED) is 0.914. The van der Waals surface area contributed by atoms with Crippen LogP contribution >= 0.6 is 0 Å². The summed E-state index contributed by atoms with van der Waals surface area (Å²) in [5.74, 6) is 0. The van der Waals surface area contributed by atoms with Gasteiger partial charge in [-0.15, -0.1) is 0 Å². The van der Waals surface area contributed by atoms with E-state index in [4.69, 9.17) is 0 Å². The van der Waals surface area contributed by atoms with E-state index >= 15 is 0 Å². The molecule has 0 radical (unpaired) electrons. The summed E-state index contributed by atoms with van der Waals surface area (Å²) in [6.07, 6.45) is 2.18. The predicted molar refractivity (Wildman–Crippen MR) is 76.8 cm³/mol. The Hall–Kier alpha value is -0.910. The first-order valence-corrected chi connectivity index (χ1v) is 8.12. The summed E-state index contributed by atoms with van der Waals surface area (Å²) in [6, 6.07) is 5.59. The number of sulfonamides is 1. The van der Waals surface area contributed by atoms with Gasteiger partial charge in [-0.25, -0.2) is 8.42 Å². The van der Waals surface area contributed by atoms with E-state index in [9.17, 15) is 8.42 Å². The van der Waals surface area contributed by atoms with Gasteiger partial charge in [0.25, 0.3) is 0 Å². The van der Waals surface area contributed by atoms with Crippen LogP contribution in [0.25, 0.3) is 0 Å². The second-order valence-electron chi connectivity index (χ2n) is 5.32. The molecule has 1 aliphatic rings. The van der Waals surface area contributed by atoms with Crippen molar-refractivity contribution >= 4 is 10.0 Å². The number of nitrogens with zero attached hydrogens (tertiary/aromatic N) is 1. The van der Waals surface area contributed by atoms with Gasteiger partial charge < -0.3 is 5.32 Å². The number of aryl methyl sites for hydroxylation is 2. The molecule has 19 heavy (non-hydrogen) atoms. The Bertz CT molecular complexity index is 549. The number of hydrogen-bond donors (Lipinski definition) is 1. The van der Waals surface area contributed by atoms with Crippen molar-refractivity contribution in [1.29, 1.82) is 0 Å². The topological polar surface area (TPSA) is 49.4 Å². The molecule has 0 bridgehead atoms. The number of rotatable bonds is 4. The third-order valence-corrected chi connectivity index (χ3v) is 5.65. The standard InChI is InChI=1S/C14H22N2O2S/c1-11-6-7-14(9-12(11)2)19(17,18)16(3)10-13-5-4-8-15-13/h6-7,9,13,15H,4-5,8,10H2,1-3H3. The van der Waals surface area contributed by atoms with Gasteiger partial charge in [0, 0.05) is 19.6 Å². The molecule has 4 nitrogen and oxygen atoms in total. The molecule has 2 rings (SSSR count). The highest BCUT2D eigenvalue weighted by atomic mass is 32.2. The van der Waals surface area contributed by atoms with Gasteiger partial charge in [0.05, 0.1) is 4.90 Å². The van der Waals surface area contributed by atoms with Crippen molar-refractivity contribution in [1.82, 2.24) is 9.62 Å². The Balaban J connectivity index is 2.18. The fraction of sp³-hybridized carbons (Fsp3) is 0.571. The second kappa shape index (κ2) is 5.61. The summed E-state index contributed by atoms with van der Waals surface area (Å²) < 4.78 is 26.4. The van der Waals surface area contributed by atoms with Crippen LogP contribution in [0, 0.1) is 13.8 Å². The molecule has 0 saturated carbocycles. The lowest BCUT2D eigenvalue weighted by atomic mass is 10.1. The van der Waals surface area contributed by atoms with Crippen molar-refractivity contribution in [3.8, 4) is 0 Å². The Labute approximate surface area is 115 Å². The Morgan fingerprint density at radius 2 is 2.05 bits per heavy atom. The summed E-state index contributed by atoms with van der Waals surface area (Å²) in [7, 11) is -1.72. The molecular formula is C14H22N2O2S. The molecule has 106 valence electrons. The first-order valence-electron chi connectivity index (χ1n) is 6.68. The van der Waals surface area contributed by atoms with E-state index in [1.807, 2.05) is 19.9 Å². The Morgan fingerprint density at radius 3 is 2.63 bits per heavy atom. The molecule has 0 aliphatic carbocycles. The maximum atomic E-state index is 12.5. The Morgan fingerprint density at radius 1 is 1.32 bits per heavy atom. The summed E-state index contributed by atoms with van der Waals surface area (Å²) in [4.78, 5) is 0.385. The lowest BCUT2D eigenvalue weighted by Crippen LogP contribution is -2.38. The molecule has 0 aromatic heterocycles. The Kier molecular flexibility index (Phi) is 4.28. The molecule has 1 fully saturated rings. The van der Waals surface area contributed by atoms with Gasteiger partial charge in [-0.1, -0.05) is 6.07 Å². The number of likely N-dealkylation sites (N-methyl/N-ethyl adjacent to an activating group) is 1. The third-order valence-electron chi connectivity index (χ3n) is 3.83. The van der Waals surface area contributed by atoms with Crippen LogP contribution in [0.15, 0.2) is 23.1 Å². The average Bonchev–Trinajstić information content (AvgIpc) is 2.85. The molecule has 1 saturated heterocycles. The van der Waals surface area contributed by atoms with Crippen LogP contribution < -0.4 is 5.32 Å². The monoisotopic (exact) mass is 282 g/mol. The summed E-state index contributed by atoms with van der Waals surface area (Å²) >= 11 is 0. The first kappa shape index (κ1) is 14.5. The van der Waals surface area contributed by atoms with Gasteiger partial charge in [0.2, 0.25) is 10.0 Å². The molecule has 1 aromatic carbocycles. The second-order valence-corrected chi connectivity index (χ2v) is 7.37. The van der Waals surface area contributed by atoms with Crippen molar-refractivity contribution in [3.05, 3.63) is 29.3 Å². The van der Waals surface area contributed by atoms with Gasteiger partial charge in [0.15, 0.2) is 0 Å². The zero-order chi connectivity index (χ0) is 14.0. The minimum Gasteiger partial charge on any atom is -0.313 e. The van der Waals surface area contributed by atoms with Gasteiger partial charge >= 0.3 is 0 Å². The highest BCUT2D eigenvalue weighted by molar-refractivity contribution is 7.89. The zero-order valence-corrected chi connectivity index (χ0v) is 12.6. The maximum Gasteiger partial charge on any atom is 0.242 e. The van der Waals surface area contributed by atoms with Crippen molar-refractivity contribution in [2.45, 2.75) is 37.6 Å². The highest BCUT2D eigenvalue weighted by Crippen LogP contribution is 2.19. The summed E-state index contributed by atoms with van der Waals surface area (Å²) in [5, 5.41) is 3.33. The van der Waals surface area contributed by atoms with E-state index in [0.717, 1.165) is 30.5 Å². The van der Waals surface area contributed by atoms with E-state index in [1.165, 1.54) is 4.31 Å². The summed E-state index contributed by atoms with van der Waals surface area (Å²) in [6.45, 7) is 5.45. The van der Waals surface area contributed by atoms with Crippen molar-refractivity contribution in [2.75, 3.05) is 20.1 Å². The predicted octanol–water partition coefficient (Wildman–Crippen LogP) is 1.68. The molecule has 0 amide bonds. The zero-order valence-electron chi connectivity index (χ0n) is 11.8. The van der Waals surface area contributed by atoms with Gasteiger partial charge in [-0.2, -0.15) is 4.31 Å². The van der Waals surface area contributed by atoms with Crippen LogP contribution in [0.3, 0.4) is 0 Å². The SMILES string of the molecule is Cc1ccc(S(=O)(=O)N(C)CC2CCCN2)cc1C. The highest BCUT2D eigenvalue weighted by Gasteiger charge is 2.25. The van der Waals surface area contributed by atoms with E-state index in [1.54, 1.807) is 19.2 Å². The largest absolute Gasteiger partial charge is 0.313 e. The normalized spacial score (nSPS) is 20.1. The lowest BCUT2D eigenvalue weighted by molar-refractivity contribution is 0.417. The minimum atomic E-state index is -3.37. The first-order chi connectivity index (χ1) is 8.91. The number of hydrogen-bond acceptors (Lipinski definition) is 3. The average molecular weight is 282 g/mol. The smallest absolute Gasteiger partial charge is 0.242 e. The third kappa shape index (κ3) is 3.16. The van der Waals surface area contributed by atoms with Crippen LogP contribution in [0.4, 0.5) is 0 Å². The molecule has 5 heteroatoms. The molecule has 0 spiro atoms. The van der Waals surface area contributed by atoms with Gasteiger partial charge in [0.1, 0.15) is 0 Å². The van der Waals surface area contributed by atoms with E-state index in [0.29, 0.717) is 11.4 Å². The van der Waals surface area contributed by atoms with Crippen molar-refractivity contribution < 1.29 is 8.42 Å². The molecule has 1 heterocycles. The molecular weight excluding hydrogens is 260 g/mol. The molecule has 1 aliphatic heterocycles. The lowest BCUT2D eigenvalue weighted by Gasteiger charge is -2.21. The van der Waals surface area contributed by atoms with Crippen LogP contribution in [0.2, 0.25) is 0 Å². The van der Waals surface area contributed by atoms with Crippen LogP contribution in [0.1, 0.15) is 24.0 Å². The fourth-order valence-electron chi connectivity index (χ4n) is 2.38.